The Morgan fingerprint density at radius 3 is 2.40 bits per heavy atom. The van der Waals surface area contributed by atoms with Gasteiger partial charge in [-0.2, -0.15) is 13.2 Å². The van der Waals surface area contributed by atoms with Gasteiger partial charge in [0.25, 0.3) is 0 Å². The fourth-order valence-electron chi connectivity index (χ4n) is 3.69. The molecule has 2 aromatic rings. The van der Waals surface area contributed by atoms with Crippen LogP contribution in [0.25, 0.3) is 0 Å². The molecule has 1 aliphatic heterocycles. The van der Waals surface area contributed by atoms with Crippen molar-refractivity contribution in [2.45, 2.75) is 45.5 Å². The van der Waals surface area contributed by atoms with Gasteiger partial charge in [0, 0.05) is 37.8 Å². The number of amides is 1. The van der Waals surface area contributed by atoms with Crippen LogP contribution in [0.1, 0.15) is 37.8 Å². The van der Waals surface area contributed by atoms with Crippen LogP contribution in [0.2, 0.25) is 5.02 Å². The van der Waals surface area contributed by atoms with E-state index in [1.54, 1.807) is 0 Å². The maximum absolute atomic E-state index is 13.1. The summed E-state index contributed by atoms with van der Waals surface area (Å²) in [5, 5.41) is -0.0255. The summed E-state index contributed by atoms with van der Waals surface area (Å²) in [5.74, 6) is 0.320. The van der Waals surface area contributed by atoms with Gasteiger partial charge in [-0.3, -0.25) is 4.79 Å². The van der Waals surface area contributed by atoms with E-state index in [2.05, 4.69) is 4.98 Å². The van der Waals surface area contributed by atoms with Crippen molar-refractivity contribution in [2.75, 3.05) is 18.0 Å². The van der Waals surface area contributed by atoms with Crippen molar-refractivity contribution in [1.29, 1.82) is 0 Å². The highest BCUT2D eigenvalue weighted by atomic mass is 35.5. The molecular weight excluding hydrogens is 415 g/mol. The smallest absolute Gasteiger partial charge is 0.355 e. The average molecular weight is 440 g/mol. The summed E-state index contributed by atoms with van der Waals surface area (Å²) >= 11 is 6.07. The first-order valence-electron chi connectivity index (χ1n) is 9.99. The largest absolute Gasteiger partial charge is 0.417 e. The Morgan fingerprint density at radius 2 is 1.87 bits per heavy atom. The van der Waals surface area contributed by atoms with E-state index in [0.717, 1.165) is 17.8 Å². The number of anilines is 1. The van der Waals surface area contributed by atoms with Crippen LogP contribution in [0.15, 0.2) is 42.6 Å². The number of nitrogens with zero attached hydrogens (tertiary/aromatic N) is 3. The number of hydrogen-bond acceptors (Lipinski definition) is 3. The van der Waals surface area contributed by atoms with E-state index in [9.17, 15) is 18.0 Å². The summed E-state index contributed by atoms with van der Waals surface area (Å²) < 4.78 is 38.5. The number of carbonyl (C=O) groups is 1. The number of benzene rings is 1. The minimum absolute atomic E-state index is 0.0255. The molecule has 4 nitrogen and oxygen atoms in total. The van der Waals surface area contributed by atoms with Gasteiger partial charge >= 0.3 is 6.18 Å². The molecule has 1 amide bonds. The molecule has 0 atom stereocenters. The zero-order valence-corrected chi connectivity index (χ0v) is 17.7. The molecule has 2 heterocycles. The third kappa shape index (κ3) is 5.25. The summed E-state index contributed by atoms with van der Waals surface area (Å²) in [4.78, 5) is 20.8. The molecule has 0 radical (unpaired) electrons. The van der Waals surface area contributed by atoms with Crippen molar-refractivity contribution in [1.82, 2.24) is 9.88 Å². The van der Waals surface area contributed by atoms with E-state index in [1.807, 2.05) is 54.0 Å². The minimum atomic E-state index is -4.48. The molecule has 3 rings (SSSR count). The molecule has 30 heavy (non-hydrogen) atoms. The van der Waals surface area contributed by atoms with Crippen molar-refractivity contribution in [2.24, 2.45) is 5.92 Å². The zero-order chi connectivity index (χ0) is 21.9. The number of pyridine rings is 1. The van der Waals surface area contributed by atoms with Crippen LogP contribution in [0.4, 0.5) is 19.0 Å². The zero-order valence-electron chi connectivity index (χ0n) is 17.0. The maximum atomic E-state index is 13.1. The molecule has 1 fully saturated rings. The number of rotatable bonds is 5. The molecule has 162 valence electrons. The second-order valence-electron chi connectivity index (χ2n) is 7.83. The number of alkyl halides is 3. The lowest BCUT2D eigenvalue weighted by Crippen LogP contribution is -2.45. The molecule has 1 saturated heterocycles. The van der Waals surface area contributed by atoms with E-state index >= 15 is 0 Å². The van der Waals surface area contributed by atoms with Crippen LogP contribution in [0.5, 0.6) is 0 Å². The second-order valence-corrected chi connectivity index (χ2v) is 8.24. The van der Waals surface area contributed by atoms with Crippen molar-refractivity contribution in [3.05, 3.63) is 58.7 Å². The molecule has 0 unspecified atom stereocenters. The lowest BCUT2D eigenvalue weighted by molar-refractivity contribution is -0.139. The second kappa shape index (κ2) is 9.25. The number of piperidine rings is 1. The molecule has 0 bridgehead atoms. The van der Waals surface area contributed by atoms with Crippen LogP contribution in [-0.4, -0.2) is 34.9 Å². The standard InChI is InChI=1S/C22H25ClF3N3O/c1-15(2)29(14-16-6-4-3-5-7-16)21(30)17-8-10-28(11-9-17)20-19(23)12-18(13-27-20)22(24,25)26/h3-7,12-13,15,17H,8-11,14H2,1-2H3. The highest BCUT2D eigenvalue weighted by molar-refractivity contribution is 6.33. The van der Waals surface area contributed by atoms with E-state index in [1.165, 1.54) is 0 Å². The lowest BCUT2D eigenvalue weighted by atomic mass is 9.94. The molecule has 1 aromatic carbocycles. The summed E-state index contributed by atoms with van der Waals surface area (Å²) in [6, 6.07) is 10.8. The van der Waals surface area contributed by atoms with Crippen LogP contribution in [0.3, 0.4) is 0 Å². The van der Waals surface area contributed by atoms with Crippen molar-refractivity contribution < 1.29 is 18.0 Å². The van der Waals surface area contributed by atoms with Crippen LogP contribution >= 0.6 is 11.6 Å². The molecule has 0 saturated carbocycles. The molecule has 1 aromatic heterocycles. The van der Waals surface area contributed by atoms with Gasteiger partial charge in [-0.1, -0.05) is 41.9 Å². The first kappa shape index (κ1) is 22.4. The summed E-state index contributed by atoms with van der Waals surface area (Å²) in [5.41, 5.74) is 0.215. The predicted molar refractivity (Wildman–Crippen MR) is 111 cm³/mol. The molecular formula is C22H25ClF3N3O. The first-order valence-corrected chi connectivity index (χ1v) is 10.4. The maximum Gasteiger partial charge on any atom is 0.417 e. The number of carbonyl (C=O) groups excluding carboxylic acids is 1. The van der Waals surface area contributed by atoms with Gasteiger partial charge in [0.05, 0.1) is 10.6 Å². The lowest BCUT2D eigenvalue weighted by Gasteiger charge is -2.36. The summed E-state index contributed by atoms with van der Waals surface area (Å²) in [6.07, 6.45) is -2.46. The topological polar surface area (TPSA) is 36.4 Å². The van der Waals surface area contributed by atoms with Gasteiger partial charge in [0.2, 0.25) is 5.91 Å². The van der Waals surface area contributed by atoms with Gasteiger partial charge in [0.1, 0.15) is 5.82 Å². The van der Waals surface area contributed by atoms with Crippen LogP contribution in [-0.2, 0) is 17.5 Å². The van der Waals surface area contributed by atoms with E-state index < -0.39 is 11.7 Å². The Balaban J connectivity index is 1.65. The fourth-order valence-corrected chi connectivity index (χ4v) is 3.97. The van der Waals surface area contributed by atoms with Crippen LogP contribution in [0, 0.1) is 5.92 Å². The Morgan fingerprint density at radius 1 is 1.23 bits per heavy atom. The first-order chi connectivity index (χ1) is 14.2. The monoisotopic (exact) mass is 439 g/mol. The Bertz CT molecular complexity index is 866. The highest BCUT2D eigenvalue weighted by Crippen LogP contribution is 2.35. The van der Waals surface area contributed by atoms with Crippen LogP contribution < -0.4 is 4.90 Å². The minimum Gasteiger partial charge on any atom is -0.355 e. The number of halogens is 4. The van der Waals surface area contributed by atoms with E-state index in [-0.39, 0.29) is 22.9 Å². The third-order valence-electron chi connectivity index (χ3n) is 5.39. The molecule has 0 spiro atoms. The quantitative estimate of drug-likeness (QED) is 0.625. The normalized spacial score (nSPS) is 15.5. The van der Waals surface area contributed by atoms with Gasteiger partial charge in [-0.05, 0) is 38.3 Å². The SMILES string of the molecule is CC(C)N(Cc1ccccc1)C(=O)C1CCN(c2ncc(C(F)(F)F)cc2Cl)CC1. The number of hydrogen-bond donors (Lipinski definition) is 0. The Hall–Kier alpha value is -2.28. The van der Waals surface area contributed by atoms with Crippen molar-refractivity contribution in [3.8, 4) is 0 Å². The van der Waals surface area contributed by atoms with Gasteiger partial charge in [-0.25, -0.2) is 4.98 Å². The van der Waals surface area contributed by atoms with E-state index in [0.29, 0.717) is 38.3 Å². The van der Waals surface area contributed by atoms with Crippen molar-refractivity contribution >= 4 is 23.3 Å². The predicted octanol–water partition coefficient (Wildman–Crippen LogP) is 5.41. The van der Waals surface area contributed by atoms with Gasteiger partial charge in [0.15, 0.2) is 0 Å². The Labute approximate surface area is 179 Å². The van der Waals surface area contributed by atoms with Gasteiger partial charge < -0.3 is 9.80 Å². The Kier molecular flexibility index (Phi) is 6.91. The molecule has 0 aliphatic carbocycles. The summed E-state index contributed by atoms with van der Waals surface area (Å²) in [6.45, 7) is 5.60. The molecule has 0 N–H and O–H groups in total. The van der Waals surface area contributed by atoms with E-state index in [4.69, 9.17) is 11.6 Å². The van der Waals surface area contributed by atoms with Gasteiger partial charge in [-0.15, -0.1) is 0 Å². The van der Waals surface area contributed by atoms with Crippen molar-refractivity contribution in [3.63, 3.8) is 0 Å². The highest BCUT2D eigenvalue weighted by Gasteiger charge is 2.34. The molecule has 8 heteroatoms. The fraction of sp³-hybridized carbons (Fsp3) is 0.455. The summed E-state index contributed by atoms with van der Waals surface area (Å²) in [7, 11) is 0. The molecule has 1 aliphatic rings. The third-order valence-corrected chi connectivity index (χ3v) is 5.67. The number of aromatic nitrogens is 1. The average Bonchev–Trinajstić information content (AvgIpc) is 2.71.